The van der Waals surface area contributed by atoms with Crippen LogP contribution in [0.4, 0.5) is 0 Å². The highest BCUT2D eigenvalue weighted by molar-refractivity contribution is 5.07. The number of aryl methyl sites for hydroxylation is 1. The smallest absolute Gasteiger partial charge is 0.0537 e. The molecule has 2 aliphatic carbocycles. The maximum absolute atomic E-state index is 6.11. The number of hydrogen-bond donors (Lipinski definition) is 0. The molecular weight excluding hydrogens is 262 g/mol. The third-order valence-electron chi connectivity index (χ3n) is 5.71. The lowest BCUT2D eigenvalue weighted by Crippen LogP contribution is -2.32. The van der Waals surface area contributed by atoms with Gasteiger partial charge >= 0.3 is 0 Å². The zero-order valence-corrected chi connectivity index (χ0v) is 13.1. The maximum Gasteiger partial charge on any atom is 0.0537 e. The Kier molecular flexibility index (Phi) is 3.54. The summed E-state index contributed by atoms with van der Waals surface area (Å²) in [7, 11) is 2.00. The first kappa shape index (κ1) is 13.8. The van der Waals surface area contributed by atoms with Crippen LogP contribution in [0, 0.1) is 17.3 Å². The van der Waals surface area contributed by atoms with Crippen LogP contribution in [-0.4, -0.2) is 41.0 Å². The average molecular weight is 289 g/mol. The summed E-state index contributed by atoms with van der Waals surface area (Å²) in [6, 6.07) is 0. The van der Waals surface area contributed by atoms with Crippen LogP contribution in [0.3, 0.4) is 0 Å². The number of ether oxygens (including phenoxy) is 1. The van der Waals surface area contributed by atoms with Gasteiger partial charge in [-0.2, -0.15) is 5.10 Å². The van der Waals surface area contributed by atoms with Crippen molar-refractivity contribution in [1.29, 1.82) is 0 Å². The van der Waals surface area contributed by atoms with E-state index in [2.05, 4.69) is 16.2 Å². The van der Waals surface area contributed by atoms with Gasteiger partial charge < -0.3 is 4.74 Å². The van der Waals surface area contributed by atoms with E-state index in [0.717, 1.165) is 31.6 Å². The number of nitrogens with zero attached hydrogens (tertiary/aromatic N) is 3. The van der Waals surface area contributed by atoms with E-state index in [1.54, 1.807) is 0 Å². The van der Waals surface area contributed by atoms with Crippen LogP contribution >= 0.6 is 0 Å². The Balaban J connectivity index is 1.36. The monoisotopic (exact) mass is 289 g/mol. The third kappa shape index (κ3) is 2.88. The third-order valence-corrected chi connectivity index (χ3v) is 5.71. The predicted octanol–water partition coefficient (Wildman–Crippen LogP) is 2.45. The largest absolute Gasteiger partial charge is 0.381 e. The summed E-state index contributed by atoms with van der Waals surface area (Å²) in [6.07, 6.45) is 11.1. The van der Waals surface area contributed by atoms with Crippen molar-refractivity contribution in [3.63, 3.8) is 0 Å². The maximum atomic E-state index is 6.11. The van der Waals surface area contributed by atoms with Crippen LogP contribution in [0.2, 0.25) is 0 Å². The molecule has 0 amide bonds. The van der Waals surface area contributed by atoms with E-state index in [0.29, 0.717) is 5.41 Å². The van der Waals surface area contributed by atoms with Crippen LogP contribution in [0.15, 0.2) is 12.4 Å². The molecule has 0 N–H and O–H groups in total. The Hall–Kier alpha value is -0.870. The molecule has 21 heavy (non-hydrogen) atoms. The summed E-state index contributed by atoms with van der Waals surface area (Å²) < 4.78 is 8.01. The predicted molar refractivity (Wildman–Crippen MR) is 81.8 cm³/mol. The van der Waals surface area contributed by atoms with Crippen molar-refractivity contribution in [2.24, 2.45) is 24.3 Å². The minimum absolute atomic E-state index is 0.455. The quantitative estimate of drug-likeness (QED) is 0.806. The molecule has 0 bridgehead atoms. The van der Waals surface area contributed by atoms with E-state index in [4.69, 9.17) is 4.74 Å². The molecule has 3 fully saturated rings. The second-order valence-corrected chi connectivity index (χ2v) is 7.60. The molecule has 1 saturated heterocycles. The van der Waals surface area contributed by atoms with Crippen molar-refractivity contribution in [2.45, 2.75) is 38.6 Å². The average Bonchev–Trinajstić information content (AvgIpc) is 2.90. The van der Waals surface area contributed by atoms with Gasteiger partial charge in [-0.3, -0.25) is 9.58 Å². The minimum Gasteiger partial charge on any atom is -0.381 e. The zero-order chi connectivity index (χ0) is 14.3. The van der Waals surface area contributed by atoms with Crippen LogP contribution < -0.4 is 0 Å². The molecule has 4 heteroatoms. The van der Waals surface area contributed by atoms with Crippen molar-refractivity contribution < 1.29 is 4.74 Å². The van der Waals surface area contributed by atoms with Crippen molar-refractivity contribution in [3.05, 3.63) is 18.0 Å². The van der Waals surface area contributed by atoms with Gasteiger partial charge in [0.05, 0.1) is 12.8 Å². The zero-order valence-electron chi connectivity index (χ0n) is 13.1. The molecule has 1 aromatic heterocycles. The first-order valence-corrected chi connectivity index (χ1v) is 8.51. The molecule has 116 valence electrons. The first-order chi connectivity index (χ1) is 10.2. The first-order valence-electron chi connectivity index (χ1n) is 8.51. The summed E-state index contributed by atoms with van der Waals surface area (Å²) >= 11 is 0. The minimum atomic E-state index is 0.455. The molecule has 2 heterocycles. The summed E-state index contributed by atoms with van der Waals surface area (Å²) in [5.74, 6) is 1.74. The Bertz CT molecular complexity index is 496. The van der Waals surface area contributed by atoms with Crippen molar-refractivity contribution in [3.8, 4) is 0 Å². The Labute approximate surface area is 127 Å². The van der Waals surface area contributed by atoms with Crippen molar-refractivity contribution in [1.82, 2.24) is 14.7 Å². The molecule has 0 unspecified atom stereocenters. The van der Waals surface area contributed by atoms with Crippen LogP contribution in [-0.2, 0) is 18.3 Å². The number of rotatable bonds is 6. The Morgan fingerprint density at radius 1 is 1.38 bits per heavy atom. The molecular formula is C17H27N3O. The van der Waals surface area contributed by atoms with Gasteiger partial charge in [0, 0.05) is 50.5 Å². The molecule has 4 nitrogen and oxygen atoms in total. The fraction of sp³-hybridized carbons (Fsp3) is 0.824. The highest BCUT2D eigenvalue weighted by Gasteiger charge is 2.49. The van der Waals surface area contributed by atoms with E-state index in [-0.39, 0.29) is 0 Å². The second-order valence-electron chi connectivity index (χ2n) is 7.60. The molecule has 1 aliphatic heterocycles. The summed E-state index contributed by atoms with van der Waals surface area (Å²) in [4.78, 5) is 2.63. The number of hydrogen-bond acceptors (Lipinski definition) is 3. The van der Waals surface area contributed by atoms with Gasteiger partial charge in [-0.15, -0.1) is 0 Å². The van der Waals surface area contributed by atoms with Crippen molar-refractivity contribution >= 4 is 0 Å². The standard InChI is InChI=1S/C17H27N3O/c1-19-8-15(7-18-19)9-20-10-16-3-2-6-17(16,12-20)13-21-11-14-4-5-14/h7-8,14,16H,2-6,9-13H2,1H3/t16-,17+/m1/s1. The SMILES string of the molecule is Cn1cc(CN2C[C@H]3CCC[C@@]3(COCC3CC3)C2)cn1. The van der Waals surface area contributed by atoms with Crippen LogP contribution in [0.5, 0.6) is 0 Å². The molecule has 0 radical (unpaired) electrons. The van der Waals surface area contributed by atoms with E-state index >= 15 is 0 Å². The number of likely N-dealkylation sites (tertiary alicyclic amines) is 1. The molecule has 3 aliphatic rings. The van der Waals surface area contributed by atoms with Gasteiger partial charge in [-0.05, 0) is 37.5 Å². The van der Waals surface area contributed by atoms with E-state index in [1.165, 1.54) is 50.8 Å². The summed E-state index contributed by atoms with van der Waals surface area (Å²) in [5.41, 5.74) is 1.79. The summed E-state index contributed by atoms with van der Waals surface area (Å²) in [5, 5.41) is 4.29. The number of fused-ring (bicyclic) bond motifs is 1. The lowest BCUT2D eigenvalue weighted by molar-refractivity contribution is 0.0309. The van der Waals surface area contributed by atoms with Gasteiger partial charge in [-0.25, -0.2) is 0 Å². The fourth-order valence-electron chi connectivity index (χ4n) is 4.41. The Morgan fingerprint density at radius 3 is 3.05 bits per heavy atom. The molecule has 2 atom stereocenters. The number of aromatic nitrogens is 2. The van der Waals surface area contributed by atoms with Crippen molar-refractivity contribution in [2.75, 3.05) is 26.3 Å². The fourth-order valence-corrected chi connectivity index (χ4v) is 4.41. The van der Waals surface area contributed by atoms with Crippen LogP contribution in [0.25, 0.3) is 0 Å². The lowest BCUT2D eigenvalue weighted by Gasteiger charge is -2.28. The highest BCUT2D eigenvalue weighted by atomic mass is 16.5. The van der Waals surface area contributed by atoms with Gasteiger partial charge in [-0.1, -0.05) is 6.42 Å². The van der Waals surface area contributed by atoms with E-state index in [9.17, 15) is 0 Å². The molecule has 0 spiro atoms. The van der Waals surface area contributed by atoms with E-state index < -0.39 is 0 Å². The molecule has 0 aromatic carbocycles. The molecule has 1 aromatic rings. The van der Waals surface area contributed by atoms with E-state index in [1.807, 2.05) is 17.9 Å². The topological polar surface area (TPSA) is 30.3 Å². The second kappa shape index (κ2) is 5.40. The molecule has 4 rings (SSSR count). The molecule has 2 saturated carbocycles. The lowest BCUT2D eigenvalue weighted by atomic mass is 9.81. The van der Waals surface area contributed by atoms with Gasteiger partial charge in [0.2, 0.25) is 0 Å². The van der Waals surface area contributed by atoms with Crippen LogP contribution in [0.1, 0.15) is 37.7 Å². The van der Waals surface area contributed by atoms with Gasteiger partial charge in [0.25, 0.3) is 0 Å². The Morgan fingerprint density at radius 2 is 2.29 bits per heavy atom. The summed E-state index contributed by atoms with van der Waals surface area (Å²) in [6.45, 7) is 5.53. The normalized spacial score (nSPS) is 32.7. The highest BCUT2D eigenvalue weighted by Crippen LogP contribution is 2.49. The van der Waals surface area contributed by atoms with Gasteiger partial charge in [0.1, 0.15) is 0 Å². The van der Waals surface area contributed by atoms with Gasteiger partial charge in [0.15, 0.2) is 0 Å².